The highest BCUT2D eigenvalue weighted by Crippen LogP contribution is 2.10. The van der Waals surface area contributed by atoms with Crippen molar-refractivity contribution in [3.8, 4) is 0 Å². The molecular weight excluding hydrogens is 214 g/mol. The zero-order chi connectivity index (χ0) is 11.3. The number of nitrogens with zero attached hydrogens (tertiary/aromatic N) is 1. The normalized spacial score (nSPS) is 9.73. The standard InChI is InChI=1S/C9H13N3O2S/c1-6-12-5-7(15-6)9(14)11-4-3-8(13)10-2/h5H,3-4H2,1-2H3,(H,10,13)(H,11,14). The van der Waals surface area contributed by atoms with Gasteiger partial charge in [-0.05, 0) is 6.92 Å². The molecule has 0 unspecified atom stereocenters. The topological polar surface area (TPSA) is 71.1 Å². The molecule has 0 aromatic carbocycles. The molecule has 1 aromatic heterocycles. The molecule has 0 saturated carbocycles. The molecule has 82 valence electrons. The van der Waals surface area contributed by atoms with Crippen molar-refractivity contribution in [1.29, 1.82) is 0 Å². The lowest BCUT2D eigenvalue weighted by Crippen LogP contribution is -2.28. The fourth-order valence-electron chi connectivity index (χ4n) is 0.968. The number of hydrogen-bond donors (Lipinski definition) is 2. The van der Waals surface area contributed by atoms with Gasteiger partial charge in [0.1, 0.15) is 4.88 Å². The molecule has 0 aliphatic carbocycles. The highest BCUT2D eigenvalue weighted by Gasteiger charge is 2.08. The molecule has 0 radical (unpaired) electrons. The number of carbonyl (C=O) groups is 2. The first kappa shape index (κ1) is 11.6. The van der Waals surface area contributed by atoms with Crippen molar-refractivity contribution in [3.05, 3.63) is 16.1 Å². The van der Waals surface area contributed by atoms with Crippen LogP contribution in [0.5, 0.6) is 0 Å². The van der Waals surface area contributed by atoms with Crippen molar-refractivity contribution >= 4 is 23.2 Å². The van der Waals surface area contributed by atoms with Crippen LogP contribution in [0, 0.1) is 6.92 Å². The lowest BCUT2D eigenvalue weighted by Gasteiger charge is -2.01. The van der Waals surface area contributed by atoms with Gasteiger partial charge in [0.2, 0.25) is 5.91 Å². The number of carbonyl (C=O) groups excluding carboxylic acids is 2. The summed E-state index contributed by atoms with van der Waals surface area (Å²) in [6, 6.07) is 0. The monoisotopic (exact) mass is 227 g/mol. The molecule has 5 nitrogen and oxygen atoms in total. The summed E-state index contributed by atoms with van der Waals surface area (Å²) >= 11 is 1.34. The Labute approximate surface area is 91.9 Å². The largest absolute Gasteiger partial charge is 0.359 e. The zero-order valence-corrected chi connectivity index (χ0v) is 9.48. The van der Waals surface area contributed by atoms with Crippen molar-refractivity contribution in [2.45, 2.75) is 13.3 Å². The molecule has 0 fully saturated rings. The highest BCUT2D eigenvalue weighted by molar-refractivity contribution is 7.13. The van der Waals surface area contributed by atoms with Gasteiger partial charge < -0.3 is 10.6 Å². The first-order valence-electron chi connectivity index (χ1n) is 4.54. The van der Waals surface area contributed by atoms with E-state index in [1.807, 2.05) is 6.92 Å². The van der Waals surface area contributed by atoms with Gasteiger partial charge in [-0.3, -0.25) is 9.59 Å². The summed E-state index contributed by atoms with van der Waals surface area (Å²) in [5.74, 6) is -0.264. The predicted octanol–water partition coefficient (Wildman–Crippen LogP) is 0.317. The number of hydrogen-bond acceptors (Lipinski definition) is 4. The average Bonchev–Trinajstić information content (AvgIpc) is 2.64. The van der Waals surface area contributed by atoms with Crippen LogP contribution in [0.25, 0.3) is 0 Å². The molecule has 0 atom stereocenters. The SMILES string of the molecule is CNC(=O)CCNC(=O)c1cnc(C)s1. The van der Waals surface area contributed by atoms with Gasteiger partial charge in [0.05, 0.1) is 11.2 Å². The van der Waals surface area contributed by atoms with Gasteiger partial charge in [-0.15, -0.1) is 11.3 Å². The second-order valence-corrected chi connectivity index (χ2v) is 4.16. The van der Waals surface area contributed by atoms with Crippen molar-refractivity contribution in [2.75, 3.05) is 13.6 Å². The molecule has 0 aliphatic heterocycles. The summed E-state index contributed by atoms with van der Waals surface area (Å²) in [4.78, 5) is 26.9. The van der Waals surface area contributed by atoms with E-state index in [0.29, 0.717) is 17.8 Å². The van der Waals surface area contributed by atoms with E-state index in [4.69, 9.17) is 0 Å². The van der Waals surface area contributed by atoms with Crippen LogP contribution < -0.4 is 10.6 Å². The number of amides is 2. The van der Waals surface area contributed by atoms with E-state index in [2.05, 4.69) is 15.6 Å². The van der Waals surface area contributed by atoms with Crippen LogP contribution in [0.3, 0.4) is 0 Å². The van der Waals surface area contributed by atoms with Crippen molar-refractivity contribution in [2.24, 2.45) is 0 Å². The third kappa shape index (κ3) is 3.67. The molecule has 1 heterocycles. The third-order valence-corrected chi connectivity index (χ3v) is 2.67. The van der Waals surface area contributed by atoms with E-state index in [-0.39, 0.29) is 11.8 Å². The van der Waals surface area contributed by atoms with Gasteiger partial charge in [0.15, 0.2) is 0 Å². The first-order chi connectivity index (χ1) is 7.13. The maximum absolute atomic E-state index is 11.5. The Bertz CT molecular complexity index is 362. The van der Waals surface area contributed by atoms with Crippen molar-refractivity contribution < 1.29 is 9.59 Å². The molecule has 0 saturated heterocycles. The summed E-state index contributed by atoms with van der Waals surface area (Å²) in [6.07, 6.45) is 1.83. The summed E-state index contributed by atoms with van der Waals surface area (Å²) in [5, 5.41) is 5.98. The van der Waals surface area contributed by atoms with E-state index in [1.165, 1.54) is 17.5 Å². The maximum atomic E-state index is 11.5. The van der Waals surface area contributed by atoms with Crippen molar-refractivity contribution in [3.63, 3.8) is 0 Å². The molecule has 6 heteroatoms. The summed E-state index contributed by atoms with van der Waals surface area (Å²) in [7, 11) is 1.57. The molecule has 0 aliphatic rings. The molecular formula is C9H13N3O2S. The van der Waals surface area contributed by atoms with E-state index in [9.17, 15) is 9.59 Å². The molecule has 2 N–H and O–H groups in total. The van der Waals surface area contributed by atoms with Crippen LogP contribution in [0.15, 0.2) is 6.20 Å². The third-order valence-electron chi connectivity index (χ3n) is 1.76. The maximum Gasteiger partial charge on any atom is 0.263 e. The van der Waals surface area contributed by atoms with Crippen molar-refractivity contribution in [1.82, 2.24) is 15.6 Å². The lowest BCUT2D eigenvalue weighted by atomic mass is 10.4. The lowest BCUT2D eigenvalue weighted by molar-refractivity contribution is -0.120. The minimum atomic E-state index is -0.176. The number of nitrogens with one attached hydrogen (secondary N) is 2. The van der Waals surface area contributed by atoms with Gasteiger partial charge >= 0.3 is 0 Å². The Morgan fingerprint density at radius 2 is 2.27 bits per heavy atom. The predicted molar refractivity (Wildman–Crippen MR) is 57.9 cm³/mol. The van der Waals surface area contributed by atoms with Crippen LogP contribution in [0.4, 0.5) is 0 Å². The van der Waals surface area contributed by atoms with E-state index in [1.54, 1.807) is 7.05 Å². The quantitative estimate of drug-likeness (QED) is 0.778. The van der Waals surface area contributed by atoms with Crippen LogP contribution in [-0.4, -0.2) is 30.4 Å². The van der Waals surface area contributed by atoms with Crippen LogP contribution >= 0.6 is 11.3 Å². The Kier molecular flexibility index (Phi) is 4.23. The van der Waals surface area contributed by atoms with Crippen LogP contribution in [0.1, 0.15) is 21.1 Å². The van der Waals surface area contributed by atoms with Crippen LogP contribution in [-0.2, 0) is 4.79 Å². The Hall–Kier alpha value is -1.43. The first-order valence-corrected chi connectivity index (χ1v) is 5.36. The number of rotatable bonds is 4. The Morgan fingerprint density at radius 1 is 1.53 bits per heavy atom. The fourth-order valence-corrected chi connectivity index (χ4v) is 1.66. The van der Waals surface area contributed by atoms with E-state index in [0.717, 1.165) is 5.01 Å². The fraction of sp³-hybridized carbons (Fsp3) is 0.444. The molecule has 1 aromatic rings. The summed E-state index contributed by atoms with van der Waals surface area (Å²) in [5.41, 5.74) is 0. The summed E-state index contributed by atoms with van der Waals surface area (Å²) < 4.78 is 0. The Balaban J connectivity index is 2.34. The van der Waals surface area contributed by atoms with E-state index < -0.39 is 0 Å². The van der Waals surface area contributed by atoms with Gasteiger partial charge in [-0.2, -0.15) is 0 Å². The Morgan fingerprint density at radius 3 is 2.80 bits per heavy atom. The highest BCUT2D eigenvalue weighted by atomic mass is 32.1. The zero-order valence-electron chi connectivity index (χ0n) is 8.66. The molecule has 15 heavy (non-hydrogen) atoms. The second kappa shape index (κ2) is 5.45. The second-order valence-electron chi connectivity index (χ2n) is 2.92. The van der Waals surface area contributed by atoms with Gasteiger partial charge in [-0.25, -0.2) is 4.98 Å². The van der Waals surface area contributed by atoms with E-state index >= 15 is 0 Å². The minimum absolute atomic E-state index is 0.0872. The average molecular weight is 227 g/mol. The van der Waals surface area contributed by atoms with Gasteiger partial charge in [-0.1, -0.05) is 0 Å². The minimum Gasteiger partial charge on any atom is -0.359 e. The van der Waals surface area contributed by atoms with Gasteiger partial charge in [0, 0.05) is 20.0 Å². The smallest absolute Gasteiger partial charge is 0.263 e. The summed E-state index contributed by atoms with van der Waals surface area (Å²) in [6.45, 7) is 2.18. The molecule has 0 spiro atoms. The van der Waals surface area contributed by atoms with Gasteiger partial charge in [0.25, 0.3) is 5.91 Å². The number of thiazole rings is 1. The number of aryl methyl sites for hydroxylation is 1. The van der Waals surface area contributed by atoms with Crippen LogP contribution in [0.2, 0.25) is 0 Å². The molecule has 1 rings (SSSR count). The molecule has 0 bridgehead atoms. The number of aromatic nitrogens is 1. The molecule has 2 amide bonds.